The molecule has 1 amide bonds. The van der Waals surface area contributed by atoms with Gasteiger partial charge in [0.25, 0.3) is 0 Å². The fourth-order valence-electron chi connectivity index (χ4n) is 3.30. The molecule has 1 heterocycles. The molecule has 0 saturated heterocycles. The Hall–Kier alpha value is -2.13. The van der Waals surface area contributed by atoms with Crippen molar-refractivity contribution in [2.75, 3.05) is 13.1 Å². The first-order chi connectivity index (χ1) is 11.3. The molecule has 0 radical (unpaired) electrons. The van der Waals surface area contributed by atoms with Gasteiger partial charge in [-0.1, -0.05) is 48.5 Å². The summed E-state index contributed by atoms with van der Waals surface area (Å²) < 4.78 is 0. The predicted molar refractivity (Wildman–Crippen MR) is 91.7 cm³/mol. The highest BCUT2D eigenvalue weighted by Gasteiger charge is 2.24. The van der Waals surface area contributed by atoms with Crippen LogP contribution in [-0.4, -0.2) is 23.9 Å². The highest BCUT2D eigenvalue weighted by atomic mass is 16.2. The fourth-order valence-corrected chi connectivity index (χ4v) is 3.30. The average molecular weight is 306 g/mol. The van der Waals surface area contributed by atoms with Crippen LogP contribution in [-0.2, 0) is 17.9 Å². The van der Waals surface area contributed by atoms with E-state index in [1.54, 1.807) is 0 Å². The van der Waals surface area contributed by atoms with Crippen LogP contribution in [0.3, 0.4) is 0 Å². The maximum atomic E-state index is 12.6. The number of hydrogen-bond acceptors (Lipinski definition) is 2. The van der Waals surface area contributed by atoms with Gasteiger partial charge >= 0.3 is 0 Å². The molecule has 0 unspecified atom stereocenters. The van der Waals surface area contributed by atoms with Gasteiger partial charge in [-0.3, -0.25) is 4.79 Å². The Bertz CT molecular complexity index is 674. The second-order valence-electron chi connectivity index (χ2n) is 6.64. The fraction of sp³-hybridized carbons (Fsp3) is 0.350. The first-order valence-corrected chi connectivity index (χ1v) is 8.46. The largest absolute Gasteiger partial charge is 0.333 e. The average Bonchev–Trinajstić information content (AvgIpc) is 3.40. The number of carbonyl (C=O) groups is 1. The van der Waals surface area contributed by atoms with Gasteiger partial charge in [0.2, 0.25) is 5.91 Å². The zero-order chi connectivity index (χ0) is 15.6. The van der Waals surface area contributed by atoms with E-state index in [9.17, 15) is 4.79 Å². The van der Waals surface area contributed by atoms with Gasteiger partial charge in [0.05, 0.1) is 6.54 Å². The zero-order valence-electron chi connectivity index (χ0n) is 13.3. The minimum atomic E-state index is 0.192. The Morgan fingerprint density at radius 1 is 0.957 bits per heavy atom. The predicted octanol–water partition coefficient (Wildman–Crippen LogP) is 3.20. The van der Waals surface area contributed by atoms with Crippen molar-refractivity contribution < 1.29 is 4.79 Å². The number of amides is 1. The van der Waals surface area contributed by atoms with Crippen molar-refractivity contribution >= 4 is 5.91 Å². The van der Waals surface area contributed by atoms with Crippen LogP contribution >= 0.6 is 0 Å². The molecule has 3 heteroatoms. The summed E-state index contributed by atoms with van der Waals surface area (Å²) in [6.07, 6.45) is 2.62. The second kappa shape index (κ2) is 6.17. The summed E-state index contributed by atoms with van der Waals surface area (Å²) >= 11 is 0. The van der Waals surface area contributed by atoms with Crippen molar-refractivity contribution in [3.8, 4) is 11.1 Å². The van der Waals surface area contributed by atoms with Crippen LogP contribution in [0.2, 0.25) is 0 Å². The molecule has 1 aliphatic carbocycles. The Balaban J connectivity index is 1.57. The van der Waals surface area contributed by atoms with Gasteiger partial charge in [0.1, 0.15) is 0 Å². The third-order valence-corrected chi connectivity index (χ3v) is 4.81. The lowest BCUT2D eigenvalue weighted by Crippen LogP contribution is -2.37. The van der Waals surface area contributed by atoms with Gasteiger partial charge in [0, 0.05) is 13.1 Å². The van der Waals surface area contributed by atoms with Crippen molar-refractivity contribution in [1.29, 1.82) is 0 Å². The van der Waals surface area contributed by atoms with E-state index in [0.29, 0.717) is 19.6 Å². The van der Waals surface area contributed by atoms with E-state index in [1.165, 1.54) is 35.1 Å². The third kappa shape index (κ3) is 3.15. The summed E-state index contributed by atoms with van der Waals surface area (Å²) in [6, 6.07) is 16.8. The summed E-state index contributed by atoms with van der Waals surface area (Å²) in [5, 5.41) is 3.32. The summed E-state index contributed by atoms with van der Waals surface area (Å²) in [7, 11) is 0. The molecule has 2 aromatic rings. The Morgan fingerprint density at radius 2 is 1.52 bits per heavy atom. The van der Waals surface area contributed by atoms with Crippen LogP contribution in [0.15, 0.2) is 48.5 Å². The molecule has 0 aromatic heterocycles. The van der Waals surface area contributed by atoms with E-state index < -0.39 is 0 Å². The molecule has 23 heavy (non-hydrogen) atoms. The van der Waals surface area contributed by atoms with Gasteiger partial charge in [-0.2, -0.15) is 0 Å². The molecule has 118 valence electrons. The van der Waals surface area contributed by atoms with E-state index in [0.717, 1.165) is 12.5 Å². The lowest BCUT2D eigenvalue weighted by molar-refractivity contribution is -0.131. The molecule has 0 bridgehead atoms. The van der Waals surface area contributed by atoms with Gasteiger partial charge in [-0.05, 0) is 47.6 Å². The second-order valence-corrected chi connectivity index (χ2v) is 6.64. The number of rotatable bonds is 4. The standard InChI is InChI=1S/C20H22N2O/c23-20(12-21-11-15-9-10-15)22-13-16-5-1-3-7-18(16)19-8-4-2-6-17(19)14-22/h1-8,15,21H,9-14H2. The maximum Gasteiger partial charge on any atom is 0.237 e. The molecular weight excluding hydrogens is 284 g/mol. The van der Waals surface area contributed by atoms with Crippen LogP contribution in [0.4, 0.5) is 0 Å². The minimum absolute atomic E-state index is 0.192. The van der Waals surface area contributed by atoms with E-state index in [1.807, 2.05) is 4.90 Å². The van der Waals surface area contributed by atoms with Gasteiger partial charge in [-0.25, -0.2) is 0 Å². The van der Waals surface area contributed by atoms with E-state index in [-0.39, 0.29) is 5.91 Å². The lowest BCUT2D eigenvalue weighted by atomic mass is 9.97. The summed E-state index contributed by atoms with van der Waals surface area (Å²) in [5.41, 5.74) is 4.97. The summed E-state index contributed by atoms with van der Waals surface area (Å²) in [5.74, 6) is 0.991. The van der Waals surface area contributed by atoms with Gasteiger partial charge in [0.15, 0.2) is 0 Å². The molecule has 1 N–H and O–H groups in total. The van der Waals surface area contributed by atoms with Crippen LogP contribution in [0.1, 0.15) is 24.0 Å². The molecule has 1 saturated carbocycles. The highest BCUT2D eigenvalue weighted by molar-refractivity contribution is 5.80. The first-order valence-electron chi connectivity index (χ1n) is 8.46. The number of nitrogens with one attached hydrogen (secondary N) is 1. The summed E-state index contributed by atoms with van der Waals surface area (Å²) in [4.78, 5) is 14.6. The molecular formula is C20H22N2O. The molecule has 1 aliphatic heterocycles. The van der Waals surface area contributed by atoms with Crippen molar-refractivity contribution in [2.45, 2.75) is 25.9 Å². The van der Waals surface area contributed by atoms with Crippen molar-refractivity contribution in [2.24, 2.45) is 5.92 Å². The SMILES string of the molecule is O=C(CNCC1CC1)N1Cc2ccccc2-c2ccccc2C1. The van der Waals surface area contributed by atoms with Crippen molar-refractivity contribution in [1.82, 2.24) is 10.2 Å². The third-order valence-electron chi connectivity index (χ3n) is 4.81. The number of carbonyl (C=O) groups excluding carboxylic acids is 1. The smallest absolute Gasteiger partial charge is 0.237 e. The molecule has 2 aliphatic rings. The van der Waals surface area contributed by atoms with E-state index >= 15 is 0 Å². The van der Waals surface area contributed by atoms with Gasteiger partial charge in [-0.15, -0.1) is 0 Å². The monoisotopic (exact) mass is 306 g/mol. The molecule has 0 atom stereocenters. The number of hydrogen-bond donors (Lipinski definition) is 1. The molecule has 2 aromatic carbocycles. The Labute approximate surface area is 137 Å². The minimum Gasteiger partial charge on any atom is -0.333 e. The van der Waals surface area contributed by atoms with Crippen LogP contribution < -0.4 is 5.32 Å². The van der Waals surface area contributed by atoms with Crippen molar-refractivity contribution in [3.05, 3.63) is 59.7 Å². The highest BCUT2D eigenvalue weighted by Crippen LogP contribution is 2.32. The number of fused-ring (bicyclic) bond motifs is 3. The number of benzene rings is 2. The van der Waals surface area contributed by atoms with Gasteiger partial charge < -0.3 is 10.2 Å². The van der Waals surface area contributed by atoms with Crippen LogP contribution in [0.25, 0.3) is 11.1 Å². The lowest BCUT2D eigenvalue weighted by Gasteiger charge is -2.21. The van der Waals surface area contributed by atoms with Crippen molar-refractivity contribution in [3.63, 3.8) is 0 Å². The topological polar surface area (TPSA) is 32.3 Å². The molecule has 0 spiro atoms. The first kappa shape index (κ1) is 14.5. The molecule has 1 fully saturated rings. The Morgan fingerprint density at radius 3 is 2.09 bits per heavy atom. The normalized spacial score (nSPS) is 16.4. The number of nitrogens with zero attached hydrogens (tertiary/aromatic N) is 1. The molecule has 3 nitrogen and oxygen atoms in total. The van der Waals surface area contributed by atoms with Crippen LogP contribution in [0.5, 0.6) is 0 Å². The van der Waals surface area contributed by atoms with E-state index in [2.05, 4.69) is 53.8 Å². The maximum absolute atomic E-state index is 12.6. The zero-order valence-corrected chi connectivity index (χ0v) is 13.3. The quantitative estimate of drug-likeness (QED) is 0.941. The Kier molecular flexibility index (Phi) is 3.88. The van der Waals surface area contributed by atoms with E-state index in [4.69, 9.17) is 0 Å². The molecule has 4 rings (SSSR count). The van der Waals surface area contributed by atoms with Crippen LogP contribution in [0, 0.1) is 5.92 Å². The summed E-state index contributed by atoms with van der Waals surface area (Å²) in [6.45, 7) is 2.80.